The van der Waals surface area contributed by atoms with Crippen molar-refractivity contribution in [2.24, 2.45) is 5.92 Å². The topological polar surface area (TPSA) is 29.1 Å². The fraction of sp³-hybridized carbons (Fsp3) is 0.533. The van der Waals surface area contributed by atoms with Crippen molar-refractivity contribution in [2.75, 3.05) is 6.54 Å². The quantitative estimate of drug-likeness (QED) is 0.900. The van der Waals surface area contributed by atoms with Crippen LogP contribution >= 0.6 is 0 Å². The van der Waals surface area contributed by atoms with Gasteiger partial charge >= 0.3 is 12.1 Å². The zero-order valence-electron chi connectivity index (χ0n) is 11.9. The molecule has 2 rings (SSSR count). The van der Waals surface area contributed by atoms with Crippen LogP contribution in [0.5, 0.6) is 0 Å². The molecule has 0 radical (unpaired) electrons. The van der Waals surface area contributed by atoms with Crippen molar-refractivity contribution in [3.63, 3.8) is 0 Å². The van der Waals surface area contributed by atoms with Crippen molar-refractivity contribution < 1.29 is 18.0 Å². The highest BCUT2D eigenvalue weighted by Gasteiger charge is 2.42. The van der Waals surface area contributed by atoms with Crippen molar-refractivity contribution in [1.82, 2.24) is 5.32 Å². The van der Waals surface area contributed by atoms with E-state index < -0.39 is 12.1 Å². The minimum absolute atomic E-state index is 0.0941. The Bertz CT molecular complexity index is 439. The van der Waals surface area contributed by atoms with Gasteiger partial charge in [0, 0.05) is 6.54 Å². The van der Waals surface area contributed by atoms with Crippen LogP contribution in [0.4, 0.5) is 13.2 Å². The summed E-state index contributed by atoms with van der Waals surface area (Å²) in [6.07, 6.45) is -3.95. The highest BCUT2D eigenvalue weighted by Crippen LogP contribution is 2.46. The van der Waals surface area contributed by atoms with Crippen LogP contribution in [-0.2, 0) is 4.79 Å². The minimum Gasteiger partial charge on any atom is -0.348 e. The van der Waals surface area contributed by atoms with Crippen molar-refractivity contribution in [1.29, 1.82) is 0 Å². The summed E-state index contributed by atoms with van der Waals surface area (Å²) in [5, 5.41) is 1.93. The molecule has 1 N–H and O–H groups in total. The normalized spacial score (nSPS) is 20.7. The van der Waals surface area contributed by atoms with Gasteiger partial charge in [0.1, 0.15) is 0 Å². The van der Waals surface area contributed by atoms with Gasteiger partial charge in [0.05, 0.1) is 0 Å². The Morgan fingerprint density at radius 1 is 1.25 bits per heavy atom. The number of aryl methyl sites for hydroxylation is 1. The first-order valence-corrected chi connectivity index (χ1v) is 6.79. The summed E-state index contributed by atoms with van der Waals surface area (Å²) in [4.78, 5) is 10.6. The Balaban J connectivity index is 0.000000956. The molecule has 1 aromatic rings. The van der Waals surface area contributed by atoms with Crippen LogP contribution in [0.2, 0.25) is 0 Å². The third-order valence-electron chi connectivity index (χ3n) is 3.21. The summed E-state index contributed by atoms with van der Waals surface area (Å²) in [5.74, 6) is -1.45. The maximum absolute atomic E-state index is 12.0. The number of hydrogen-bond acceptors (Lipinski definition) is 1. The second kappa shape index (κ2) is 6.77. The number of carbonyl (C=O) groups excluding carboxylic acids is 1. The van der Waals surface area contributed by atoms with E-state index in [1.807, 2.05) is 50.4 Å². The van der Waals surface area contributed by atoms with Crippen LogP contribution in [0, 0.1) is 12.8 Å². The Morgan fingerprint density at radius 3 is 2.30 bits per heavy atom. The number of nitrogens with one attached hydrogen (secondary N) is 1. The van der Waals surface area contributed by atoms with Gasteiger partial charge in [0.15, 0.2) is 0 Å². The number of alkyl halides is 3. The molecule has 0 aromatic heterocycles. The largest absolute Gasteiger partial charge is 0.471 e. The number of carbonyl (C=O) groups is 1. The van der Waals surface area contributed by atoms with Crippen LogP contribution in [0.1, 0.15) is 37.3 Å². The Kier molecular flexibility index (Phi) is 5.60. The summed E-state index contributed by atoms with van der Waals surface area (Å²) in [6.45, 7) is 6.08. The molecular formula is C15H20F3NO. The third kappa shape index (κ3) is 4.54. The number of halogens is 3. The summed E-state index contributed by atoms with van der Waals surface area (Å²) in [7, 11) is 0. The van der Waals surface area contributed by atoms with Gasteiger partial charge in [-0.3, -0.25) is 4.79 Å². The molecule has 112 valence electrons. The van der Waals surface area contributed by atoms with Crippen LogP contribution < -0.4 is 5.32 Å². The van der Waals surface area contributed by atoms with Crippen LogP contribution in [0.25, 0.3) is 0 Å². The molecular weight excluding hydrogens is 267 g/mol. The molecule has 20 heavy (non-hydrogen) atoms. The van der Waals surface area contributed by atoms with Gasteiger partial charge in [-0.1, -0.05) is 43.7 Å². The van der Waals surface area contributed by atoms with Crippen LogP contribution in [-0.4, -0.2) is 18.6 Å². The predicted molar refractivity (Wildman–Crippen MR) is 72.4 cm³/mol. The van der Waals surface area contributed by atoms with Gasteiger partial charge in [-0.15, -0.1) is 0 Å². The molecule has 0 saturated heterocycles. The second-order valence-electron chi connectivity index (χ2n) is 4.72. The van der Waals surface area contributed by atoms with E-state index in [0.29, 0.717) is 0 Å². The van der Waals surface area contributed by atoms with E-state index in [1.165, 1.54) is 0 Å². The lowest BCUT2D eigenvalue weighted by Crippen LogP contribution is -2.37. The van der Waals surface area contributed by atoms with E-state index in [-0.39, 0.29) is 18.4 Å². The summed E-state index contributed by atoms with van der Waals surface area (Å²) < 4.78 is 35.9. The Hall–Kier alpha value is -1.52. The maximum Gasteiger partial charge on any atom is 0.471 e. The highest BCUT2D eigenvalue weighted by molar-refractivity contribution is 5.81. The first kappa shape index (κ1) is 16.5. The lowest BCUT2D eigenvalue weighted by atomic mass is 10.1. The van der Waals surface area contributed by atoms with Gasteiger partial charge in [0.25, 0.3) is 0 Å². The first-order chi connectivity index (χ1) is 9.38. The fourth-order valence-corrected chi connectivity index (χ4v) is 2.02. The number of benzene rings is 1. The van der Waals surface area contributed by atoms with E-state index in [0.717, 1.165) is 17.5 Å². The molecule has 1 amide bonds. The van der Waals surface area contributed by atoms with Crippen molar-refractivity contribution in [3.05, 3.63) is 35.4 Å². The summed E-state index contributed by atoms with van der Waals surface area (Å²) in [6, 6.07) is 7.95. The maximum atomic E-state index is 12.0. The molecule has 0 heterocycles. The van der Waals surface area contributed by atoms with Gasteiger partial charge in [-0.25, -0.2) is 0 Å². The van der Waals surface area contributed by atoms with E-state index >= 15 is 0 Å². The molecule has 2 atom stereocenters. The molecule has 2 unspecified atom stereocenters. The van der Waals surface area contributed by atoms with E-state index in [1.54, 1.807) is 0 Å². The monoisotopic (exact) mass is 287 g/mol. The van der Waals surface area contributed by atoms with Crippen molar-refractivity contribution in [2.45, 2.75) is 39.3 Å². The SMILES string of the molecule is CC.Cc1ccc(C2CC2CNC(=O)C(F)(F)F)cc1. The molecule has 1 saturated carbocycles. The Morgan fingerprint density at radius 2 is 1.80 bits per heavy atom. The number of hydrogen-bond donors (Lipinski definition) is 1. The van der Waals surface area contributed by atoms with Crippen molar-refractivity contribution >= 4 is 5.91 Å². The second-order valence-corrected chi connectivity index (χ2v) is 4.72. The van der Waals surface area contributed by atoms with Gasteiger partial charge < -0.3 is 5.32 Å². The predicted octanol–water partition coefficient (Wildman–Crippen LogP) is 3.80. The third-order valence-corrected chi connectivity index (χ3v) is 3.21. The highest BCUT2D eigenvalue weighted by atomic mass is 19.4. The molecule has 1 aromatic carbocycles. The number of amides is 1. The lowest BCUT2D eigenvalue weighted by molar-refractivity contribution is -0.173. The fourth-order valence-electron chi connectivity index (χ4n) is 2.02. The Labute approximate surface area is 117 Å². The minimum atomic E-state index is -4.78. The molecule has 2 nitrogen and oxygen atoms in total. The molecule has 0 bridgehead atoms. The van der Waals surface area contributed by atoms with E-state index in [4.69, 9.17) is 0 Å². The average molecular weight is 287 g/mol. The zero-order valence-corrected chi connectivity index (χ0v) is 11.9. The van der Waals surface area contributed by atoms with E-state index in [9.17, 15) is 18.0 Å². The van der Waals surface area contributed by atoms with Crippen LogP contribution in [0.3, 0.4) is 0 Å². The smallest absolute Gasteiger partial charge is 0.348 e. The standard InChI is InChI=1S/C13H14F3NO.C2H6/c1-8-2-4-9(5-3-8)11-6-10(11)7-17-12(18)13(14,15)16;1-2/h2-5,10-11H,6-7H2,1H3,(H,17,18);1-2H3. The van der Waals surface area contributed by atoms with Gasteiger partial charge in [-0.05, 0) is 30.7 Å². The summed E-state index contributed by atoms with van der Waals surface area (Å²) >= 11 is 0. The molecule has 1 aliphatic carbocycles. The lowest BCUT2D eigenvalue weighted by Gasteiger charge is -2.07. The molecule has 1 aliphatic rings. The van der Waals surface area contributed by atoms with Crippen molar-refractivity contribution in [3.8, 4) is 0 Å². The zero-order chi connectivity index (χ0) is 15.3. The molecule has 5 heteroatoms. The average Bonchev–Trinajstić information content (AvgIpc) is 3.17. The van der Waals surface area contributed by atoms with E-state index in [2.05, 4.69) is 0 Å². The summed E-state index contributed by atoms with van der Waals surface area (Å²) in [5.41, 5.74) is 2.29. The van der Waals surface area contributed by atoms with Gasteiger partial charge in [-0.2, -0.15) is 13.2 Å². The van der Waals surface area contributed by atoms with Crippen LogP contribution in [0.15, 0.2) is 24.3 Å². The first-order valence-electron chi connectivity index (χ1n) is 6.79. The van der Waals surface area contributed by atoms with Gasteiger partial charge in [0.2, 0.25) is 0 Å². The number of rotatable bonds is 3. The molecule has 1 fully saturated rings. The molecule has 0 spiro atoms. The molecule has 0 aliphatic heterocycles.